The molecule has 1 aromatic carbocycles. The first-order valence-electron chi connectivity index (χ1n) is 4.58. The predicted octanol–water partition coefficient (Wildman–Crippen LogP) is 2.79. The normalized spacial score (nSPS) is 14.7. The smallest absolute Gasteiger partial charge is 0.410 e. The third kappa shape index (κ3) is 2.28. The zero-order valence-electron chi connectivity index (χ0n) is 7.87. The van der Waals surface area contributed by atoms with Gasteiger partial charge in [0.25, 0.3) is 0 Å². The van der Waals surface area contributed by atoms with Gasteiger partial charge in [-0.25, -0.2) is 9.18 Å². The lowest BCUT2D eigenvalue weighted by molar-refractivity contribution is 0.125. The van der Waals surface area contributed by atoms with Gasteiger partial charge in [-0.3, -0.25) is 0 Å². The number of hydrogen-bond acceptors (Lipinski definition) is 2. The minimum absolute atomic E-state index is 0.229. The molecule has 2 rings (SSSR count). The Morgan fingerprint density at radius 3 is 2.73 bits per heavy atom. The van der Waals surface area contributed by atoms with E-state index >= 15 is 0 Å². The number of carbonyl (C=O) groups excluding carboxylic acids is 1. The van der Waals surface area contributed by atoms with Crippen LogP contribution in [0.25, 0.3) is 0 Å². The molecule has 0 aromatic heterocycles. The average Bonchev–Trinajstić information content (AvgIpc) is 2.08. The second-order valence-corrected chi connectivity index (χ2v) is 4.14. The summed E-state index contributed by atoms with van der Waals surface area (Å²) in [7, 11) is 0. The number of ether oxygens (including phenoxy) is 1. The van der Waals surface area contributed by atoms with Gasteiger partial charge in [-0.15, -0.1) is 0 Å². The molecule has 0 radical (unpaired) electrons. The van der Waals surface area contributed by atoms with Crippen LogP contribution in [0.1, 0.15) is 6.42 Å². The second-order valence-electron chi connectivity index (χ2n) is 3.28. The maximum absolute atomic E-state index is 13.1. The van der Waals surface area contributed by atoms with Crippen molar-refractivity contribution in [1.82, 2.24) is 4.90 Å². The molecule has 1 aliphatic rings. The first-order valence-corrected chi connectivity index (χ1v) is 5.38. The van der Waals surface area contributed by atoms with Gasteiger partial charge < -0.3 is 9.64 Å². The molecule has 1 aliphatic heterocycles. The molecule has 80 valence electrons. The Labute approximate surface area is 95.0 Å². The first kappa shape index (κ1) is 10.4. The van der Waals surface area contributed by atoms with E-state index in [0.717, 1.165) is 19.5 Å². The predicted molar refractivity (Wildman–Crippen MR) is 56.3 cm³/mol. The Bertz CT molecular complexity index is 393. The highest BCUT2D eigenvalue weighted by Crippen LogP contribution is 2.21. The highest BCUT2D eigenvalue weighted by molar-refractivity contribution is 9.10. The van der Waals surface area contributed by atoms with Crippen LogP contribution in [0.4, 0.5) is 9.18 Å². The molecule has 0 unspecified atom stereocenters. The van der Waals surface area contributed by atoms with Crippen molar-refractivity contribution in [3.05, 3.63) is 28.5 Å². The van der Waals surface area contributed by atoms with E-state index < -0.39 is 11.9 Å². The summed E-state index contributed by atoms with van der Waals surface area (Å²) in [6.45, 7) is 1.44. The Morgan fingerprint density at radius 1 is 1.47 bits per heavy atom. The van der Waals surface area contributed by atoms with Crippen LogP contribution >= 0.6 is 15.9 Å². The molecule has 1 amide bonds. The molecule has 5 heteroatoms. The standard InChI is InChI=1S/C10H9BrFNO2/c11-8-3-2-7(6-9(8)12)15-10(14)13-4-1-5-13/h2-3,6H,1,4-5H2. The molecule has 0 bridgehead atoms. The Kier molecular flexibility index (Phi) is 2.90. The molecule has 1 fully saturated rings. The molecule has 0 saturated carbocycles. The van der Waals surface area contributed by atoms with Crippen LogP contribution in [-0.4, -0.2) is 24.1 Å². The third-order valence-electron chi connectivity index (χ3n) is 2.21. The summed E-state index contributed by atoms with van der Waals surface area (Å²) >= 11 is 3.02. The summed E-state index contributed by atoms with van der Waals surface area (Å²) in [5.74, 6) is -0.212. The van der Waals surface area contributed by atoms with Crippen molar-refractivity contribution in [3.8, 4) is 5.75 Å². The maximum Gasteiger partial charge on any atom is 0.415 e. The zero-order valence-corrected chi connectivity index (χ0v) is 9.46. The number of amides is 1. The number of halogens is 2. The van der Waals surface area contributed by atoms with Gasteiger partial charge in [0.15, 0.2) is 0 Å². The van der Waals surface area contributed by atoms with Crippen molar-refractivity contribution < 1.29 is 13.9 Å². The number of carbonyl (C=O) groups is 1. The number of likely N-dealkylation sites (tertiary alicyclic amines) is 1. The van der Waals surface area contributed by atoms with E-state index in [-0.39, 0.29) is 5.75 Å². The molecule has 15 heavy (non-hydrogen) atoms. The lowest BCUT2D eigenvalue weighted by Crippen LogP contribution is -2.43. The van der Waals surface area contributed by atoms with Gasteiger partial charge in [0, 0.05) is 19.2 Å². The summed E-state index contributed by atoms with van der Waals surface area (Å²) in [6, 6.07) is 4.24. The van der Waals surface area contributed by atoms with Crippen LogP contribution in [0.2, 0.25) is 0 Å². The topological polar surface area (TPSA) is 29.5 Å². The van der Waals surface area contributed by atoms with Crippen molar-refractivity contribution in [2.75, 3.05) is 13.1 Å². The van der Waals surface area contributed by atoms with Gasteiger partial charge in [-0.1, -0.05) is 0 Å². The quantitative estimate of drug-likeness (QED) is 0.788. The minimum Gasteiger partial charge on any atom is -0.410 e. The number of rotatable bonds is 1. The van der Waals surface area contributed by atoms with E-state index in [0.29, 0.717) is 4.47 Å². The van der Waals surface area contributed by atoms with E-state index in [1.807, 2.05) is 0 Å². The number of hydrogen-bond donors (Lipinski definition) is 0. The Balaban J connectivity index is 2.03. The van der Waals surface area contributed by atoms with Gasteiger partial charge in [0.05, 0.1) is 4.47 Å². The molecule has 3 nitrogen and oxygen atoms in total. The van der Waals surface area contributed by atoms with Crippen LogP contribution < -0.4 is 4.74 Å². The lowest BCUT2D eigenvalue weighted by Gasteiger charge is -2.29. The molecular formula is C10H9BrFNO2. The van der Waals surface area contributed by atoms with E-state index in [1.165, 1.54) is 12.1 Å². The summed E-state index contributed by atoms with van der Waals surface area (Å²) in [5.41, 5.74) is 0. The largest absolute Gasteiger partial charge is 0.415 e. The average molecular weight is 274 g/mol. The number of benzene rings is 1. The van der Waals surface area contributed by atoms with Gasteiger partial charge in [-0.2, -0.15) is 0 Å². The van der Waals surface area contributed by atoms with Gasteiger partial charge in [0.1, 0.15) is 11.6 Å². The molecule has 1 heterocycles. The van der Waals surface area contributed by atoms with Crippen LogP contribution in [-0.2, 0) is 0 Å². The molecule has 1 aromatic rings. The van der Waals surface area contributed by atoms with Crippen molar-refractivity contribution in [3.63, 3.8) is 0 Å². The first-order chi connectivity index (χ1) is 7.16. The Morgan fingerprint density at radius 2 is 2.20 bits per heavy atom. The van der Waals surface area contributed by atoms with Crippen molar-refractivity contribution in [2.24, 2.45) is 0 Å². The summed E-state index contributed by atoms with van der Waals surface area (Å²) in [5, 5.41) is 0. The molecule has 0 aliphatic carbocycles. The van der Waals surface area contributed by atoms with E-state index in [4.69, 9.17) is 4.74 Å². The zero-order chi connectivity index (χ0) is 10.8. The molecule has 0 atom stereocenters. The maximum atomic E-state index is 13.1. The molecule has 0 spiro atoms. The Hall–Kier alpha value is -1.10. The van der Waals surface area contributed by atoms with Crippen molar-refractivity contribution >= 4 is 22.0 Å². The van der Waals surface area contributed by atoms with E-state index in [1.54, 1.807) is 11.0 Å². The van der Waals surface area contributed by atoms with Crippen LogP contribution in [0.3, 0.4) is 0 Å². The fraction of sp³-hybridized carbons (Fsp3) is 0.300. The monoisotopic (exact) mass is 273 g/mol. The van der Waals surface area contributed by atoms with Crippen molar-refractivity contribution in [1.29, 1.82) is 0 Å². The molecule has 1 saturated heterocycles. The minimum atomic E-state index is -0.441. The van der Waals surface area contributed by atoms with E-state index in [2.05, 4.69) is 15.9 Å². The van der Waals surface area contributed by atoms with Gasteiger partial charge in [0.2, 0.25) is 0 Å². The van der Waals surface area contributed by atoms with E-state index in [9.17, 15) is 9.18 Å². The summed E-state index contributed by atoms with van der Waals surface area (Å²) in [4.78, 5) is 12.9. The molecular weight excluding hydrogens is 265 g/mol. The third-order valence-corrected chi connectivity index (χ3v) is 2.85. The van der Waals surface area contributed by atoms with Crippen LogP contribution in [0.15, 0.2) is 22.7 Å². The van der Waals surface area contributed by atoms with Crippen molar-refractivity contribution in [2.45, 2.75) is 6.42 Å². The highest BCUT2D eigenvalue weighted by atomic mass is 79.9. The SMILES string of the molecule is O=C(Oc1ccc(Br)c(F)c1)N1CCC1. The number of nitrogens with zero attached hydrogens (tertiary/aromatic N) is 1. The second kappa shape index (κ2) is 4.18. The fourth-order valence-electron chi connectivity index (χ4n) is 1.20. The summed E-state index contributed by atoms with van der Waals surface area (Å²) < 4.78 is 18.4. The highest BCUT2D eigenvalue weighted by Gasteiger charge is 2.22. The fourth-order valence-corrected chi connectivity index (χ4v) is 1.45. The van der Waals surface area contributed by atoms with Crippen LogP contribution in [0.5, 0.6) is 5.75 Å². The van der Waals surface area contributed by atoms with Crippen LogP contribution in [0, 0.1) is 5.82 Å². The van der Waals surface area contributed by atoms with Gasteiger partial charge >= 0.3 is 6.09 Å². The van der Waals surface area contributed by atoms with Gasteiger partial charge in [-0.05, 0) is 34.5 Å². The lowest BCUT2D eigenvalue weighted by atomic mass is 10.2. The molecule has 0 N–H and O–H groups in total. The summed E-state index contributed by atoms with van der Waals surface area (Å²) in [6.07, 6.45) is 0.590.